The van der Waals surface area contributed by atoms with Crippen LogP contribution in [0.2, 0.25) is 0 Å². The molecule has 2 aromatic carbocycles. The summed E-state index contributed by atoms with van der Waals surface area (Å²) in [6.45, 7) is 3.85. The monoisotopic (exact) mass is 457 g/mol. The Balaban J connectivity index is 1.51. The molecule has 154 valence electrons. The highest BCUT2D eigenvalue weighted by molar-refractivity contribution is 9.10. The van der Waals surface area contributed by atoms with E-state index < -0.39 is 0 Å². The first-order valence-electron chi connectivity index (χ1n) is 10.2. The van der Waals surface area contributed by atoms with Crippen molar-refractivity contribution in [2.24, 2.45) is 5.92 Å². The summed E-state index contributed by atoms with van der Waals surface area (Å²) in [6, 6.07) is 17.6. The summed E-state index contributed by atoms with van der Waals surface area (Å²) in [7, 11) is 0. The Morgan fingerprint density at radius 2 is 1.86 bits per heavy atom. The van der Waals surface area contributed by atoms with E-state index in [-0.39, 0.29) is 23.8 Å². The molecule has 1 saturated heterocycles. The van der Waals surface area contributed by atoms with Crippen molar-refractivity contribution in [3.05, 3.63) is 64.6 Å². The smallest absolute Gasteiger partial charge is 0.234 e. The summed E-state index contributed by atoms with van der Waals surface area (Å²) in [5.74, 6) is -0.0586. The third kappa shape index (κ3) is 6.41. The highest BCUT2D eigenvalue weighted by Gasteiger charge is 2.27. The Kier molecular flexibility index (Phi) is 7.83. The standard InChI is InChI=1S/C23H28BrN3O2/c1-2-21(17-10-12-19(24)13-11-17)26-22(28)16-27-14-6-7-18(15-27)23(29)25-20-8-4-3-5-9-20/h3-5,8-13,18,21H,2,6-7,14-16H2,1H3,(H,25,29)(H,26,28)/t18-,21+/m1/s1. The molecule has 6 heteroatoms. The molecule has 0 bridgehead atoms. The number of nitrogens with one attached hydrogen (secondary N) is 2. The third-order valence-corrected chi connectivity index (χ3v) is 5.83. The Morgan fingerprint density at radius 1 is 1.14 bits per heavy atom. The van der Waals surface area contributed by atoms with Crippen LogP contribution in [0.25, 0.3) is 0 Å². The topological polar surface area (TPSA) is 61.4 Å². The molecule has 5 nitrogen and oxygen atoms in total. The fourth-order valence-corrected chi connectivity index (χ4v) is 4.00. The highest BCUT2D eigenvalue weighted by Crippen LogP contribution is 2.21. The molecule has 1 heterocycles. The number of rotatable bonds is 7. The molecular formula is C23H28BrN3O2. The van der Waals surface area contributed by atoms with E-state index in [1.165, 1.54) is 0 Å². The van der Waals surface area contributed by atoms with Crippen LogP contribution >= 0.6 is 15.9 Å². The van der Waals surface area contributed by atoms with Crippen molar-refractivity contribution in [3.8, 4) is 0 Å². The zero-order chi connectivity index (χ0) is 20.6. The largest absolute Gasteiger partial charge is 0.348 e. The van der Waals surface area contributed by atoms with Crippen LogP contribution in [0.3, 0.4) is 0 Å². The lowest BCUT2D eigenvalue weighted by molar-refractivity contribution is -0.126. The molecule has 29 heavy (non-hydrogen) atoms. The molecule has 0 aliphatic carbocycles. The molecule has 2 aromatic rings. The van der Waals surface area contributed by atoms with Crippen LogP contribution in [-0.4, -0.2) is 36.3 Å². The highest BCUT2D eigenvalue weighted by atomic mass is 79.9. The van der Waals surface area contributed by atoms with Crippen molar-refractivity contribution in [2.75, 3.05) is 25.0 Å². The van der Waals surface area contributed by atoms with Gasteiger partial charge in [0.25, 0.3) is 0 Å². The van der Waals surface area contributed by atoms with Crippen molar-refractivity contribution in [2.45, 2.75) is 32.2 Å². The second-order valence-corrected chi connectivity index (χ2v) is 8.43. The molecule has 1 fully saturated rings. The maximum atomic E-state index is 12.6. The van der Waals surface area contributed by atoms with Gasteiger partial charge in [0.1, 0.15) is 0 Å². The summed E-state index contributed by atoms with van der Waals surface area (Å²) < 4.78 is 1.02. The van der Waals surface area contributed by atoms with Gasteiger partial charge in [-0.25, -0.2) is 0 Å². The van der Waals surface area contributed by atoms with Crippen LogP contribution < -0.4 is 10.6 Å². The summed E-state index contributed by atoms with van der Waals surface area (Å²) in [6.07, 6.45) is 2.60. The van der Waals surface area contributed by atoms with Crippen molar-refractivity contribution >= 4 is 33.4 Å². The summed E-state index contributed by atoms with van der Waals surface area (Å²) in [4.78, 5) is 27.3. The van der Waals surface area contributed by atoms with Crippen LogP contribution in [0.1, 0.15) is 37.8 Å². The minimum atomic E-state index is -0.0924. The number of likely N-dealkylation sites (tertiary alicyclic amines) is 1. The first-order chi connectivity index (χ1) is 14.0. The minimum Gasteiger partial charge on any atom is -0.348 e. The first kappa shape index (κ1) is 21.5. The van der Waals surface area contributed by atoms with Gasteiger partial charge >= 0.3 is 0 Å². The van der Waals surface area contributed by atoms with Gasteiger partial charge in [-0.2, -0.15) is 0 Å². The zero-order valence-electron chi connectivity index (χ0n) is 16.7. The SMILES string of the molecule is CC[C@H](NC(=O)CN1CCC[C@@H](C(=O)Nc2ccccc2)C1)c1ccc(Br)cc1. The minimum absolute atomic E-state index is 0.00225. The molecule has 0 radical (unpaired) electrons. The molecule has 0 saturated carbocycles. The molecular weight excluding hydrogens is 430 g/mol. The predicted molar refractivity (Wildman–Crippen MR) is 120 cm³/mol. The zero-order valence-corrected chi connectivity index (χ0v) is 18.3. The number of piperidine rings is 1. The second-order valence-electron chi connectivity index (χ2n) is 7.51. The van der Waals surface area contributed by atoms with Gasteiger partial charge in [-0.1, -0.05) is 53.2 Å². The van der Waals surface area contributed by atoms with Gasteiger partial charge in [-0.05, 0) is 55.6 Å². The van der Waals surface area contributed by atoms with Crippen molar-refractivity contribution < 1.29 is 9.59 Å². The van der Waals surface area contributed by atoms with Crippen LogP contribution in [0.4, 0.5) is 5.69 Å². The normalized spacial score (nSPS) is 18.1. The van der Waals surface area contributed by atoms with E-state index in [4.69, 9.17) is 0 Å². The summed E-state index contributed by atoms with van der Waals surface area (Å²) in [5.41, 5.74) is 1.91. The van der Waals surface area contributed by atoms with Gasteiger partial charge in [0, 0.05) is 16.7 Å². The maximum Gasteiger partial charge on any atom is 0.234 e. The summed E-state index contributed by atoms with van der Waals surface area (Å²) >= 11 is 3.44. The fourth-order valence-electron chi connectivity index (χ4n) is 3.74. The van der Waals surface area contributed by atoms with E-state index >= 15 is 0 Å². The number of hydrogen-bond donors (Lipinski definition) is 2. The number of halogens is 1. The second kappa shape index (κ2) is 10.6. The number of anilines is 1. The van der Waals surface area contributed by atoms with E-state index in [1.54, 1.807) is 0 Å². The van der Waals surface area contributed by atoms with E-state index in [0.29, 0.717) is 13.1 Å². The van der Waals surface area contributed by atoms with Crippen molar-refractivity contribution in [1.29, 1.82) is 0 Å². The number of nitrogens with zero attached hydrogens (tertiary/aromatic N) is 1. The molecule has 1 aliphatic rings. The summed E-state index contributed by atoms with van der Waals surface area (Å²) in [5, 5.41) is 6.12. The van der Waals surface area contributed by atoms with Crippen LogP contribution in [0.5, 0.6) is 0 Å². The maximum absolute atomic E-state index is 12.6. The quantitative estimate of drug-likeness (QED) is 0.648. The van der Waals surface area contributed by atoms with Gasteiger partial charge in [-0.3, -0.25) is 14.5 Å². The molecule has 1 aliphatic heterocycles. The lowest BCUT2D eigenvalue weighted by Crippen LogP contribution is -2.45. The average Bonchev–Trinajstić information content (AvgIpc) is 2.73. The third-order valence-electron chi connectivity index (χ3n) is 5.30. The van der Waals surface area contributed by atoms with Crippen LogP contribution in [-0.2, 0) is 9.59 Å². The Morgan fingerprint density at radius 3 is 2.55 bits per heavy atom. The number of benzene rings is 2. The van der Waals surface area contributed by atoms with E-state index in [0.717, 1.165) is 41.5 Å². The number of hydrogen-bond acceptors (Lipinski definition) is 3. The van der Waals surface area contributed by atoms with Crippen molar-refractivity contribution in [3.63, 3.8) is 0 Å². The lowest BCUT2D eigenvalue weighted by atomic mass is 9.97. The first-order valence-corrected chi connectivity index (χ1v) is 11.0. The van der Waals surface area contributed by atoms with Gasteiger partial charge in [0.2, 0.25) is 11.8 Å². The van der Waals surface area contributed by atoms with Crippen molar-refractivity contribution in [1.82, 2.24) is 10.2 Å². The number of para-hydroxylation sites is 1. The number of amides is 2. The van der Waals surface area contributed by atoms with Crippen LogP contribution in [0, 0.1) is 5.92 Å². The molecule has 0 unspecified atom stereocenters. The van der Waals surface area contributed by atoms with E-state index in [9.17, 15) is 9.59 Å². The van der Waals surface area contributed by atoms with Crippen LogP contribution in [0.15, 0.2) is 59.1 Å². The predicted octanol–water partition coefficient (Wildman–Crippen LogP) is 4.37. The van der Waals surface area contributed by atoms with Gasteiger partial charge < -0.3 is 10.6 Å². The van der Waals surface area contributed by atoms with Gasteiger partial charge in [-0.15, -0.1) is 0 Å². The molecule has 0 spiro atoms. The fraction of sp³-hybridized carbons (Fsp3) is 0.391. The average molecular weight is 458 g/mol. The Labute approximate surface area is 181 Å². The molecule has 3 rings (SSSR count). The number of carbonyl (C=O) groups excluding carboxylic acids is 2. The molecule has 0 aromatic heterocycles. The van der Waals surface area contributed by atoms with E-state index in [1.807, 2.05) is 54.6 Å². The van der Waals surface area contributed by atoms with Gasteiger partial charge in [0.05, 0.1) is 18.5 Å². The lowest BCUT2D eigenvalue weighted by Gasteiger charge is -2.32. The van der Waals surface area contributed by atoms with Gasteiger partial charge in [0.15, 0.2) is 0 Å². The Bertz CT molecular complexity index is 811. The Hall–Kier alpha value is -2.18. The van der Waals surface area contributed by atoms with E-state index in [2.05, 4.69) is 38.4 Å². The molecule has 2 atom stereocenters. The molecule has 2 amide bonds. The molecule has 2 N–H and O–H groups in total. The number of carbonyl (C=O) groups is 2.